The first-order valence-electron chi connectivity index (χ1n) is 8.39. The van der Waals surface area contributed by atoms with Crippen LogP contribution in [-0.2, 0) is 4.74 Å². The van der Waals surface area contributed by atoms with Crippen molar-refractivity contribution >= 4 is 5.91 Å². The van der Waals surface area contributed by atoms with Crippen LogP contribution in [0.2, 0.25) is 0 Å². The maximum Gasteiger partial charge on any atom is 0.272 e. The molecule has 1 fully saturated rings. The Morgan fingerprint density at radius 3 is 2.71 bits per heavy atom. The highest BCUT2D eigenvalue weighted by atomic mass is 16.5. The molecule has 24 heavy (non-hydrogen) atoms. The molecule has 2 aromatic rings. The van der Waals surface area contributed by atoms with E-state index in [0.717, 1.165) is 18.5 Å². The number of aromatic nitrogens is 2. The van der Waals surface area contributed by atoms with Crippen LogP contribution in [0.1, 0.15) is 29.8 Å². The van der Waals surface area contributed by atoms with E-state index >= 15 is 0 Å². The van der Waals surface area contributed by atoms with Gasteiger partial charge in [0.2, 0.25) is 0 Å². The molecule has 2 heterocycles. The van der Waals surface area contributed by atoms with Gasteiger partial charge in [-0.2, -0.15) is 0 Å². The third kappa shape index (κ3) is 3.83. The third-order valence-electron chi connectivity index (χ3n) is 4.28. The summed E-state index contributed by atoms with van der Waals surface area (Å²) in [6, 6.07) is 9.75. The molecule has 1 aliphatic rings. The van der Waals surface area contributed by atoms with Crippen LogP contribution in [0.15, 0.2) is 42.9 Å². The number of imidazole rings is 1. The van der Waals surface area contributed by atoms with E-state index in [1.165, 1.54) is 0 Å². The standard InChI is InChI=1S/C18H23N3O3/c22-11-4-12-24-16-7-9-20(10-8-16)18(23)17-13-19-14-21(17)15-5-2-1-3-6-15/h1-3,5-6,13-14,16,22H,4,7-12H2. The second-order valence-corrected chi connectivity index (χ2v) is 5.92. The van der Waals surface area contributed by atoms with Gasteiger partial charge in [-0.3, -0.25) is 9.36 Å². The number of aliphatic hydroxyl groups is 1. The number of hydrogen-bond acceptors (Lipinski definition) is 4. The minimum atomic E-state index is 0.00478. The minimum absolute atomic E-state index is 0.00478. The lowest BCUT2D eigenvalue weighted by molar-refractivity contribution is 0.00379. The maximum atomic E-state index is 12.8. The van der Waals surface area contributed by atoms with Gasteiger partial charge < -0.3 is 14.7 Å². The van der Waals surface area contributed by atoms with Crippen molar-refractivity contribution in [2.24, 2.45) is 0 Å². The topological polar surface area (TPSA) is 67.6 Å². The Balaban J connectivity index is 1.62. The molecular formula is C18H23N3O3. The van der Waals surface area contributed by atoms with E-state index in [2.05, 4.69) is 4.98 Å². The lowest BCUT2D eigenvalue weighted by Gasteiger charge is -2.32. The Morgan fingerprint density at radius 2 is 2.00 bits per heavy atom. The highest BCUT2D eigenvalue weighted by Gasteiger charge is 2.26. The van der Waals surface area contributed by atoms with Crippen molar-refractivity contribution in [2.75, 3.05) is 26.3 Å². The Labute approximate surface area is 141 Å². The minimum Gasteiger partial charge on any atom is -0.396 e. The van der Waals surface area contributed by atoms with Gasteiger partial charge in [0.05, 0.1) is 18.6 Å². The van der Waals surface area contributed by atoms with E-state index in [1.54, 1.807) is 12.5 Å². The van der Waals surface area contributed by atoms with E-state index in [1.807, 2.05) is 39.8 Å². The Morgan fingerprint density at radius 1 is 1.25 bits per heavy atom. The largest absolute Gasteiger partial charge is 0.396 e. The molecule has 1 N–H and O–H groups in total. The number of carbonyl (C=O) groups is 1. The van der Waals surface area contributed by atoms with Gasteiger partial charge in [0, 0.05) is 32.0 Å². The predicted octanol–water partition coefficient (Wildman–Crippen LogP) is 1.88. The summed E-state index contributed by atoms with van der Waals surface area (Å²) >= 11 is 0. The molecular weight excluding hydrogens is 306 g/mol. The van der Waals surface area contributed by atoms with Crippen LogP contribution in [0, 0.1) is 0 Å². The van der Waals surface area contributed by atoms with Gasteiger partial charge in [0.15, 0.2) is 0 Å². The molecule has 1 aliphatic heterocycles. The highest BCUT2D eigenvalue weighted by molar-refractivity contribution is 5.93. The number of piperidine rings is 1. The monoisotopic (exact) mass is 329 g/mol. The van der Waals surface area contributed by atoms with Crippen molar-refractivity contribution in [3.05, 3.63) is 48.5 Å². The molecule has 128 valence electrons. The van der Waals surface area contributed by atoms with Gasteiger partial charge in [-0.1, -0.05) is 18.2 Å². The summed E-state index contributed by atoms with van der Waals surface area (Å²) in [6.07, 6.45) is 5.80. The first kappa shape index (κ1) is 16.7. The quantitative estimate of drug-likeness (QED) is 0.822. The van der Waals surface area contributed by atoms with Crippen LogP contribution >= 0.6 is 0 Å². The third-order valence-corrected chi connectivity index (χ3v) is 4.28. The van der Waals surface area contributed by atoms with Gasteiger partial charge in [0.25, 0.3) is 5.91 Å². The number of ether oxygens (including phenoxy) is 1. The molecule has 3 rings (SSSR count). The van der Waals surface area contributed by atoms with E-state index in [-0.39, 0.29) is 18.6 Å². The van der Waals surface area contributed by atoms with Crippen LogP contribution in [0.3, 0.4) is 0 Å². The van der Waals surface area contributed by atoms with Gasteiger partial charge in [0.1, 0.15) is 5.69 Å². The molecule has 0 bridgehead atoms. The van der Waals surface area contributed by atoms with Crippen molar-refractivity contribution in [3.8, 4) is 5.69 Å². The van der Waals surface area contributed by atoms with Gasteiger partial charge in [-0.25, -0.2) is 4.98 Å². The molecule has 1 saturated heterocycles. The molecule has 0 atom stereocenters. The van der Waals surface area contributed by atoms with Crippen LogP contribution in [0.25, 0.3) is 5.69 Å². The Bertz CT molecular complexity index is 649. The van der Waals surface area contributed by atoms with Gasteiger partial charge >= 0.3 is 0 Å². The van der Waals surface area contributed by atoms with E-state index in [0.29, 0.717) is 31.8 Å². The second-order valence-electron chi connectivity index (χ2n) is 5.92. The molecule has 0 unspecified atom stereocenters. The summed E-state index contributed by atoms with van der Waals surface area (Å²) in [4.78, 5) is 18.8. The number of hydrogen-bond donors (Lipinski definition) is 1. The summed E-state index contributed by atoms with van der Waals surface area (Å²) < 4.78 is 7.55. The van der Waals surface area contributed by atoms with Crippen molar-refractivity contribution in [1.29, 1.82) is 0 Å². The predicted molar refractivity (Wildman–Crippen MR) is 90.1 cm³/mol. The highest BCUT2D eigenvalue weighted by Crippen LogP contribution is 2.18. The zero-order chi connectivity index (χ0) is 16.8. The smallest absolute Gasteiger partial charge is 0.272 e. The van der Waals surface area contributed by atoms with Crippen LogP contribution in [0.4, 0.5) is 0 Å². The first-order chi connectivity index (χ1) is 11.8. The fourth-order valence-corrected chi connectivity index (χ4v) is 2.95. The summed E-state index contributed by atoms with van der Waals surface area (Å²) in [6.45, 7) is 2.10. The lowest BCUT2D eigenvalue weighted by Crippen LogP contribution is -2.41. The average Bonchev–Trinajstić information content (AvgIpc) is 3.12. The zero-order valence-corrected chi connectivity index (χ0v) is 13.7. The number of benzene rings is 1. The number of aliphatic hydroxyl groups excluding tert-OH is 1. The lowest BCUT2D eigenvalue weighted by atomic mass is 10.1. The normalized spacial score (nSPS) is 15.6. The Hall–Kier alpha value is -2.18. The van der Waals surface area contributed by atoms with Crippen molar-refractivity contribution < 1.29 is 14.6 Å². The molecule has 6 nitrogen and oxygen atoms in total. The molecule has 0 saturated carbocycles. The SMILES string of the molecule is O=C(c1cncn1-c1ccccc1)N1CCC(OCCCO)CC1. The molecule has 1 aromatic carbocycles. The number of amides is 1. The van der Waals surface area contributed by atoms with E-state index < -0.39 is 0 Å². The molecule has 0 radical (unpaired) electrons. The van der Waals surface area contributed by atoms with Gasteiger partial charge in [-0.05, 0) is 31.4 Å². The maximum absolute atomic E-state index is 12.8. The van der Waals surface area contributed by atoms with E-state index in [4.69, 9.17) is 9.84 Å². The first-order valence-corrected chi connectivity index (χ1v) is 8.39. The van der Waals surface area contributed by atoms with E-state index in [9.17, 15) is 4.79 Å². The number of para-hydroxylation sites is 1. The summed E-state index contributed by atoms with van der Waals surface area (Å²) in [5.41, 5.74) is 1.52. The molecule has 1 aromatic heterocycles. The van der Waals surface area contributed by atoms with Gasteiger partial charge in [-0.15, -0.1) is 0 Å². The number of likely N-dealkylation sites (tertiary alicyclic amines) is 1. The summed E-state index contributed by atoms with van der Waals surface area (Å²) in [5.74, 6) is 0.00478. The van der Waals surface area contributed by atoms with Crippen molar-refractivity contribution in [3.63, 3.8) is 0 Å². The zero-order valence-electron chi connectivity index (χ0n) is 13.7. The summed E-state index contributed by atoms with van der Waals surface area (Å²) in [7, 11) is 0. The summed E-state index contributed by atoms with van der Waals surface area (Å²) in [5, 5.41) is 8.80. The second kappa shape index (κ2) is 8.08. The molecule has 6 heteroatoms. The molecule has 0 aliphatic carbocycles. The fraction of sp³-hybridized carbons (Fsp3) is 0.444. The average molecular weight is 329 g/mol. The van der Waals surface area contributed by atoms with Crippen molar-refractivity contribution in [2.45, 2.75) is 25.4 Å². The number of carbonyl (C=O) groups excluding carboxylic acids is 1. The van der Waals surface area contributed by atoms with Crippen LogP contribution in [-0.4, -0.2) is 57.9 Å². The molecule has 1 amide bonds. The number of rotatable bonds is 6. The molecule has 0 spiro atoms. The van der Waals surface area contributed by atoms with Crippen LogP contribution < -0.4 is 0 Å². The van der Waals surface area contributed by atoms with Crippen molar-refractivity contribution in [1.82, 2.24) is 14.5 Å². The number of nitrogens with zero attached hydrogens (tertiary/aromatic N) is 3. The fourth-order valence-electron chi connectivity index (χ4n) is 2.95. The van der Waals surface area contributed by atoms with Crippen LogP contribution in [0.5, 0.6) is 0 Å². The Kier molecular flexibility index (Phi) is 5.61.